The van der Waals surface area contributed by atoms with Gasteiger partial charge in [-0.1, -0.05) is 24.3 Å². The number of rotatable bonds is 6. The zero-order chi connectivity index (χ0) is 17.4. The molecule has 0 saturated heterocycles. The van der Waals surface area contributed by atoms with Gasteiger partial charge in [0.05, 0.1) is 13.3 Å². The van der Waals surface area contributed by atoms with Crippen LogP contribution in [0.1, 0.15) is 12.0 Å². The summed E-state index contributed by atoms with van der Waals surface area (Å²) in [5.41, 5.74) is 3.22. The van der Waals surface area contributed by atoms with Gasteiger partial charge in [0.1, 0.15) is 6.42 Å². The third-order valence-electron chi connectivity index (χ3n) is 3.02. The van der Waals surface area contributed by atoms with Gasteiger partial charge in [0, 0.05) is 11.3 Å². The molecule has 0 atom stereocenters. The van der Waals surface area contributed by atoms with Gasteiger partial charge in [0.2, 0.25) is 11.8 Å². The Kier molecular flexibility index (Phi) is 5.90. The fourth-order valence-corrected chi connectivity index (χ4v) is 1.89. The van der Waals surface area contributed by atoms with Crippen LogP contribution in [-0.2, 0) is 9.59 Å². The number of ether oxygens (including phenoxy) is 1. The third-order valence-corrected chi connectivity index (χ3v) is 3.02. The summed E-state index contributed by atoms with van der Waals surface area (Å²) in [4.78, 5) is 23.4. The van der Waals surface area contributed by atoms with Crippen LogP contribution in [0, 0.1) is 0 Å². The molecule has 7 heteroatoms. The number of para-hydroxylation sites is 2. The molecule has 0 radical (unpaired) electrons. The van der Waals surface area contributed by atoms with E-state index in [0.717, 1.165) is 0 Å². The van der Waals surface area contributed by atoms with E-state index in [1.54, 1.807) is 42.5 Å². The summed E-state index contributed by atoms with van der Waals surface area (Å²) in [5.74, 6) is -0.799. The number of carbonyl (C=O) groups is 2. The number of benzene rings is 2. The summed E-state index contributed by atoms with van der Waals surface area (Å²) >= 11 is 0. The minimum Gasteiger partial charge on any atom is -0.504 e. The molecule has 2 rings (SSSR count). The van der Waals surface area contributed by atoms with Crippen molar-refractivity contribution in [1.29, 1.82) is 0 Å². The molecule has 0 fully saturated rings. The molecule has 0 unspecified atom stereocenters. The van der Waals surface area contributed by atoms with Crippen LogP contribution in [0.15, 0.2) is 53.6 Å². The van der Waals surface area contributed by atoms with E-state index in [0.29, 0.717) is 17.0 Å². The predicted molar refractivity (Wildman–Crippen MR) is 90.1 cm³/mol. The molecule has 124 valence electrons. The van der Waals surface area contributed by atoms with Crippen molar-refractivity contribution in [3.63, 3.8) is 0 Å². The van der Waals surface area contributed by atoms with Gasteiger partial charge in [0.25, 0.3) is 0 Å². The van der Waals surface area contributed by atoms with Crippen molar-refractivity contribution in [3.8, 4) is 11.5 Å². The lowest BCUT2D eigenvalue weighted by Crippen LogP contribution is -2.24. The number of hydrazone groups is 1. The van der Waals surface area contributed by atoms with Crippen LogP contribution < -0.4 is 15.5 Å². The molecule has 2 aromatic rings. The van der Waals surface area contributed by atoms with Gasteiger partial charge in [0.15, 0.2) is 11.5 Å². The molecule has 7 nitrogen and oxygen atoms in total. The first-order valence-corrected chi connectivity index (χ1v) is 7.13. The topological polar surface area (TPSA) is 100 Å². The summed E-state index contributed by atoms with van der Waals surface area (Å²) in [7, 11) is 1.43. The van der Waals surface area contributed by atoms with E-state index < -0.39 is 11.8 Å². The summed E-state index contributed by atoms with van der Waals surface area (Å²) in [6.07, 6.45) is 0.904. The van der Waals surface area contributed by atoms with Gasteiger partial charge >= 0.3 is 0 Å². The van der Waals surface area contributed by atoms with E-state index in [2.05, 4.69) is 15.8 Å². The molecule has 0 bridgehead atoms. The lowest BCUT2D eigenvalue weighted by Gasteiger charge is -2.05. The number of hydrogen-bond acceptors (Lipinski definition) is 5. The van der Waals surface area contributed by atoms with E-state index in [1.807, 2.05) is 6.07 Å². The average molecular weight is 327 g/mol. The minimum atomic E-state index is -0.568. The number of amides is 2. The highest BCUT2D eigenvalue weighted by atomic mass is 16.5. The Bertz CT molecular complexity index is 745. The SMILES string of the molecule is COc1cccc(/C=N/NC(=O)CC(=O)Nc2ccccc2)c1O. The summed E-state index contributed by atoms with van der Waals surface area (Å²) < 4.78 is 4.97. The van der Waals surface area contributed by atoms with Gasteiger partial charge in [-0.15, -0.1) is 0 Å². The molecule has 3 N–H and O–H groups in total. The fraction of sp³-hybridized carbons (Fsp3) is 0.118. The smallest absolute Gasteiger partial charge is 0.249 e. The minimum absolute atomic E-state index is 0.0835. The van der Waals surface area contributed by atoms with Gasteiger partial charge in [-0.05, 0) is 24.3 Å². The Morgan fingerprint density at radius 1 is 1.12 bits per heavy atom. The zero-order valence-corrected chi connectivity index (χ0v) is 13.0. The highest BCUT2D eigenvalue weighted by Crippen LogP contribution is 2.27. The van der Waals surface area contributed by atoms with E-state index in [1.165, 1.54) is 13.3 Å². The van der Waals surface area contributed by atoms with Gasteiger partial charge in [-0.25, -0.2) is 5.43 Å². The van der Waals surface area contributed by atoms with E-state index in [-0.39, 0.29) is 12.2 Å². The number of anilines is 1. The molecule has 0 spiro atoms. The second-order valence-electron chi connectivity index (χ2n) is 4.78. The summed E-state index contributed by atoms with van der Waals surface area (Å²) in [6.45, 7) is 0. The maximum Gasteiger partial charge on any atom is 0.249 e. The second kappa shape index (κ2) is 8.33. The van der Waals surface area contributed by atoms with Crippen LogP contribution in [0.4, 0.5) is 5.69 Å². The Balaban J connectivity index is 1.86. The Morgan fingerprint density at radius 2 is 1.88 bits per heavy atom. The Labute approximate surface area is 139 Å². The largest absolute Gasteiger partial charge is 0.504 e. The quantitative estimate of drug-likeness (QED) is 0.428. The van der Waals surface area contributed by atoms with Gasteiger partial charge in [-0.3, -0.25) is 9.59 Å². The molecule has 0 aromatic heterocycles. The molecule has 0 heterocycles. The summed E-state index contributed by atoms with van der Waals surface area (Å²) in [5, 5.41) is 16.2. The van der Waals surface area contributed by atoms with Crippen molar-refractivity contribution in [3.05, 3.63) is 54.1 Å². The second-order valence-corrected chi connectivity index (χ2v) is 4.78. The Hall–Kier alpha value is -3.35. The number of nitrogens with zero attached hydrogens (tertiary/aromatic N) is 1. The fourth-order valence-electron chi connectivity index (χ4n) is 1.89. The average Bonchev–Trinajstić information content (AvgIpc) is 2.57. The standard InChI is InChI=1S/C17H17N3O4/c1-24-14-9-5-6-12(17(14)23)11-18-20-16(22)10-15(21)19-13-7-3-2-4-8-13/h2-9,11,23H,10H2,1H3,(H,19,21)(H,20,22)/b18-11+. The molecule has 2 amide bonds. The first kappa shape index (κ1) is 17.0. The zero-order valence-electron chi connectivity index (χ0n) is 13.0. The molecule has 0 aliphatic carbocycles. The molecular formula is C17H17N3O4. The van der Waals surface area contributed by atoms with Crippen molar-refractivity contribution in [1.82, 2.24) is 5.43 Å². The predicted octanol–water partition coefficient (Wildman–Crippen LogP) is 1.88. The lowest BCUT2D eigenvalue weighted by molar-refractivity contribution is -0.126. The summed E-state index contributed by atoms with van der Waals surface area (Å²) in [6, 6.07) is 13.7. The van der Waals surface area contributed by atoms with Gasteiger partial charge < -0.3 is 15.2 Å². The van der Waals surface area contributed by atoms with E-state index >= 15 is 0 Å². The number of aromatic hydroxyl groups is 1. The van der Waals surface area contributed by atoms with Crippen LogP contribution in [0.5, 0.6) is 11.5 Å². The lowest BCUT2D eigenvalue weighted by atomic mass is 10.2. The number of phenolic OH excluding ortho intramolecular Hbond substituents is 1. The van der Waals surface area contributed by atoms with Crippen molar-refractivity contribution < 1.29 is 19.4 Å². The van der Waals surface area contributed by atoms with Crippen molar-refractivity contribution >= 4 is 23.7 Å². The molecule has 24 heavy (non-hydrogen) atoms. The van der Waals surface area contributed by atoms with E-state index in [9.17, 15) is 14.7 Å². The molecule has 0 saturated carbocycles. The molecular weight excluding hydrogens is 310 g/mol. The first-order chi connectivity index (χ1) is 11.6. The monoisotopic (exact) mass is 327 g/mol. The van der Waals surface area contributed by atoms with Crippen LogP contribution >= 0.6 is 0 Å². The number of nitrogens with one attached hydrogen (secondary N) is 2. The Morgan fingerprint density at radius 3 is 2.58 bits per heavy atom. The van der Waals surface area contributed by atoms with E-state index in [4.69, 9.17) is 4.74 Å². The molecule has 2 aromatic carbocycles. The van der Waals surface area contributed by atoms with Crippen molar-refractivity contribution in [2.45, 2.75) is 6.42 Å². The highest BCUT2D eigenvalue weighted by molar-refractivity contribution is 6.03. The number of phenols is 1. The maximum atomic E-state index is 11.7. The van der Waals surface area contributed by atoms with Crippen molar-refractivity contribution in [2.75, 3.05) is 12.4 Å². The van der Waals surface area contributed by atoms with Gasteiger partial charge in [-0.2, -0.15) is 5.10 Å². The first-order valence-electron chi connectivity index (χ1n) is 7.13. The molecule has 0 aliphatic rings. The van der Waals surface area contributed by atoms with Crippen LogP contribution in [-0.4, -0.2) is 30.2 Å². The highest BCUT2D eigenvalue weighted by Gasteiger charge is 2.09. The third kappa shape index (κ3) is 4.84. The van der Waals surface area contributed by atoms with Crippen LogP contribution in [0.25, 0.3) is 0 Å². The molecule has 0 aliphatic heterocycles. The van der Waals surface area contributed by atoms with Crippen molar-refractivity contribution in [2.24, 2.45) is 5.10 Å². The van der Waals surface area contributed by atoms with Crippen LogP contribution in [0.3, 0.4) is 0 Å². The number of carbonyl (C=O) groups excluding carboxylic acids is 2. The normalized spacial score (nSPS) is 10.4. The number of methoxy groups -OCH3 is 1. The van der Waals surface area contributed by atoms with Crippen LogP contribution in [0.2, 0.25) is 0 Å². The maximum absolute atomic E-state index is 11.7. The number of hydrogen-bond donors (Lipinski definition) is 3.